The highest BCUT2D eigenvalue weighted by molar-refractivity contribution is 5.02. The maximum absolute atomic E-state index is 5.28. The molecule has 0 rings (SSSR count). The Balaban J connectivity index is 0. The average molecular weight is 395 g/mol. The van der Waals surface area contributed by atoms with Crippen molar-refractivity contribution in [2.75, 3.05) is 41.4 Å². The van der Waals surface area contributed by atoms with E-state index in [4.69, 9.17) is 9.68 Å². The summed E-state index contributed by atoms with van der Waals surface area (Å²) in [5.74, 6) is 0. The number of hydrogen-bond donors (Lipinski definition) is 0. The van der Waals surface area contributed by atoms with Gasteiger partial charge in [0.25, 0.3) is 0 Å². The molecular formula is C24H46N2O2. The third kappa shape index (κ3) is 27.0. The van der Waals surface area contributed by atoms with Crippen LogP contribution in [0, 0.1) is 0 Å². The molecule has 0 N–H and O–H groups in total. The zero-order chi connectivity index (χ0) is 21.9. The lowest BCUT2D eigenvalue weighted by molar-refractivity contribution is -0.106. The number of rotatable bonds is 12. The van der Waals surface area contributed by atoms with Crippen LogP contribution in [0.15, 0.2) is 46.6 Å². The molecule has 0 aliphatic carbocycles. The predicted octanol–water partition coefficient (Wildman–Crippen LogP) is 6.34. The maximum atomic E-state index is 5.28. The lowest BCUT2D eigenvalue weighted by atomic mass is 10.1. The van der Waals surface area contributed by atoms with Gasteiger partial charge < -0.3 is 0 Å². The van der Waals surface area contributed by atoms with Gasteiger partial charge in [0.05, 0.1) is 13.2 Å². The zero-order valence-corrected chi connectivity index (χ0v) is 20.3. The van der Waals surface area contributed by atoms with Gasteiger partial charge in [-0.3, -0.25) is 9.68 Å². The average Bonchev–Trinajstić information content (AvgIpc) is 2.54. The molecule has 0 unspecified atom stereocenters. The molecule has 0 saturated heterocycles. The van der Waals surface area contributed by atoms with Crippen LogP contribution < -0.4 is 0 Å². The van der Waals surface area contributed by atoms with E-state index in [9.17, 15) is 0 Å². The molecule has 4 nitrogen and oxygen atoms in total. The highest BCUT2D eigenvalue weighted by atomic mass is 16.7. The lowest BCUT2D eigenvalue weighted by Gasteiger charge is -2.08. The molecule has 0 amide bonds. The summed E-state index contributed by atoms with van der Waals surface area (Å²) in [4.78, 5) is 10.6. The van der Waals surface area contributed by atoms with Crippen molar-refractivity contribution < 1.29 is 9.68 Å². The standard InChI is InChI=1S/2C12H23NO/c2*1-11(2)7-6-8-12(3)9-10-14-13(4)5/h2*7,9H,6,8,10H2,1-5H3/b12-9+;12-9-. The number of allylic oxidation sites excluding steroid dienone is 6. The molecule has 0 atom stereocenters. The molecule has 0 heterocycles. The Morgan fingerprint density at radius 3 is 1.14 bits per heavy atom. The second kappa shape index (κ2) is 19.1. The van der Waals surface area contributed by atoms with Crippen LogP contribution in [0.4, 0.5) is 0 Å². The molecule has 0 saturated carbocycles. The molecular weight excluding hydrogens is 348 g/mol. The summed E-state index contributed by atoms with van der Waals surface area (Å²) in [6, 6.07) is 0. The molecule has 0 aromatic heterocycles. The summed E-state index contributed by atoms with van der Waals surface area (Å²) in [6.07, 6.45) is 13.3. The molecule has 0 aliphatic rings. The van der Waals surface area contributed by atoms with Crippen LogP contribution in [0.2, 0.25) is 0 Å². The fourth-order valence-electron chi connectivity index (χ4n) is 2.04. The summed E-state index contributed by atoms with van der Waals surface area (Å²) in [7, 11) is 7.58. The predicted molar refractivity (Wildman–Crippen MR) is 124 cm³/mol. The van der Waals surface area contributed by atoms with Crippen LogP contribution in [0.3, 0.4) is 0 Å². The monoisotopic (exact) mass is 394 g/mol. The summed E-state index contributed by atoms with van der Waals surface area (Å²) >= 11 is 0. The van der Waals surface area contributed by atoms with Crippen molar-refractivity contribution in [1.82, 2.24) is 10.1 Å². The molecule has 4 heteroatoms. The smallest absolute Gasteiger partial charge is 0.0868 e. The number of nitrogens with zero attached hydrogens (tertiary/aromatic N) is 2. The second-order valence-electron chi connectivity index (χ2n) is 7.96. The molecule has 0 aromatic rings. The first-order valence-corrected chi connectivity index (χ1v) is 10.2. The first-order valence-electron chi connectivity index (χ1n) is 10.2. The van der Waals surface area contributed by atoms with E-state index in [1.54, 1.807) is 10.1 Å². The SMILES string of the molecule is CC(C)=CCC/C(C)=C/CON(C)C.CC(C)=CCC/C(C)=C\CON(C)C. The van der Waals surface area contributed by atoms with Gasteiger partial charge in [0, 0.05) is 28.2 Å². The molecule has 0 aliphatic heterocycles. The minimum atomic E-state index is 0.674. The van der Waals surface area contributed by atoms with Gasteiger partial charge in [0.15, 0.2) is 0 Å². The molecule has 0 radical (unpaired) electrons. The van der Waals surface area contributed by atoms with Gasteiger partial charge in [-0.25, -0.2) is 0 Å². The van der Waals surface area contributed by atoms with Crippen molar-refractivity contribution in [3.63, 3.8) is 0 Å². The summed E-state index contributed by atoms with van der Waals surface area (Å²) < 4.78 is 0. The molecule has 0 aromatic carbocycles. The van der Waals surface area contributed by atoms with E-state index in [1.165, 1.54) is 22.3 Å². The summed E-state index contributed by atoms with van der Waals surface area (Å²) in [6.45, 7) is 14.2. The molecule has 0 spiro atoms. The van der Waals surface area contributed by atoms with E-state index < -0.39 is 0 Å². The minimum absolute atomic E-state index is 0.674. The Kier molecular flexibility index (Phi) is 19.8. The lowest BCUT2D eigenvalue weighted by Crippen LogP contribution is -2.12. The van der Waals surface area contributed by atoms with E-state index in [1.807, 2.05) is 28.2 Å². The fourth-order valence-corrected chi connectivity index (χ4v) is 2.04. The third-order valence-electron chi connectivity index (χ3n) is 3.71. The van der Waals surface area contributed by atoms with Crippen molar-refractivity contribution >= 4 is 0 Å². The van der Waals surface area contributed by atoms with Gasteiger partial charge in [-0.05, 0) is 67.2 Å². The van der Waals surface area contributed by atoms with E-state index in [0.29, 0.717) is 13.2 Å². The molecule has 0 bridgehead atoms. The van der Waals surface area contributed by atoms with Crippen molar-refractivity contribution in [3.8, 4) is 0 Å². The third-order valence-corrected chi connectivity index (χ3v) is 3.71. The molecule has 28 heavy (non-hydrogen) atoms. The van der Waals surface area contributed by atoms with E-state index in [0.717, 1.165) is 25.7 Å². The first-order chi connectivity index (χ1) is 13.0. The molecule has 0 fully saturated rings. The Hall–Kier alpha value is -1.20. The normalized spacial score (nSPS) is 12.0. The van der Waals surface area contributed by atoms with Crippen LogP contribution in [0.1, 0.15) is 67.2 Å². The van der Waals surface area contributed by atoms with Gasteiger partial charge in [0.1, 0.15) is 0 Å². The zero-order valence-electron chi connectivity index (χ0n) is 20.3. The Morgan fingerprint density at radius 1 is 0.571 bits per heavy atom. The number of hydroxylamine groups is 4. The van der Waals surface area contributed by atoms with Crippen LogP contribution in [-0.4, -0.2) is 51.5 Å². The largest absolute Gasteiger partial charge is 0.295 e. The van der Waals surface area contributed by atoms with Crippen molar-refractivity contribution in [1.29, 1.82) is 0 Å². The van der Waals surface area contributed by atoms with Crippen molar-refractivity contribution in [2.45, 2.75) is 67.2 Å². The van der Waals surface area contributed by atoms with E-state index in [-0.39, 0.29) is 0 Å². The quantitative estimate of drug-likeness (QED) is 0.285. The van der Waals surface area contributed by atoms with Gasteiger partial charge in [-0.1, -0.05) is 46.6 Å². The van der Waals surface area contributed by atoms with Crippen LogP contribution in [0.5, 0.6) is 0 Å². The van der Waals surface area contributed by atoms with Gasteiger partial charge >= 0.3 is 0 Å². The van der Waals surface area contributed by atoms with Gasteiger partial charge in [0.2, 0.25) is 0 Å². The minimum Gasteiger partial charge on any atom is -0.295 e. The maximum Gasteiger partial charge on any atom is 0.0868 e. The van der Waals surface area contributed by atoms with Gasteiger partial charge in [-0.2, -0.15) is 10.1 Å². The first kappa shape index (κ1) is 29.0. The summed E-state index contributed by atoms with van der Waals surface area (Å²) in [5.41, 5.74) is 5.57. The van der Waals surface area contributed by atoms with Gasteiger partial charge in [-0.15, -0.1) is 0 Å². The van der Waals surface area contributed by atoms with Crippen LogP contribution in [-0.2, 0) is 9.68 Å². The highest BCUT2D eigenvalue weighted by Crippen LogP contribution is 2.07. The Morgan fingerprint density at radius 2 is 0.893 bits per heavy atom. The summed E-state index contributed by atoms with van der Waals surface area (Å²) in [5, 5.41) is 3.44. The molecule has 164 valence electrons. The fraction of sp³-hybridized carbons (Fsp3) is 0.667. The Labute approximate surface area is 175 Å². The van der Waals surface area contributed by atoms with Crippen LogP contribution in [0.25, 0.3) is 0 Å². The van der Waals surface area contributed by atoms with Crippen molar-refractivity contribution in [3.05, 3.63) is 46.6 Å². The number of hydrogen-bond acceptors (Lipinski definition) is 4. The Bertz CT molecular complexity index is 447. The van der Waals surface area contributed by atoms with E-state index in [2.05, 4.69) is 65.8 Å². The second-order valence-corrected chi connectivity index (χ2v) is 7.96. The van der Waals surface area contributed by atoms with E-state index >= 15 is 0 Å². The van der Waals surface area contributed by atoms with Crippen molar-refractivity contribution in [2.24, 2.45) is 0 Å². The topological polar surface area (TPSA) is 24.9 Å². The van der Waals surface area contributed by atoms with Crippen LogP contribution >= 0.6 is 0 Å². The highest BCUT2D eigenvalue weighted by Gasteiger charge is 1.91.